The van der Waals surface area contributed by atoms with Gasteiger partial charge >= 0.3 is 5.69 Å². The van der Waals surface area contributed by atoms with Gasteiger partial charge in [0.25, 0.3) is 5.91 Å². The van der Waals surface area contributed by atoms with Crippen LogP contribution >= 0.6 is 0 Å². The molecule has 1 rings (SSSR count). The number of nitriles is 1. The minimum Gasteiger partial charge on any atom is -0.487 e. The summed E-state index contributed by atoms with van der Waals surface area (Å²) in [5.74, 6) is -0.627. The predicted octanol–water partition coefficient (Wildman–Crippen LogP) is 2.42. The van der Waals surface area contributed by atoms with Crippen LogP contribution in [0.1, 0.15) is 37.0 Å². The minimum atomic E-state index is -0.628. The van der Waals surface area contributed by atoms with E-state index < -0.39 is 16.9 Å². The Hall–Kier alpha value is -2.62. The van der Waals surface area contributed by atoms with Gasteiger partial charge in [-0.15, -0.1) is 0 Å². The Labute approximate surface area is 122 Å². The van der Waals surface area contributed by atoms with Crippen LogP contribution in [0.2, 0.25) is 0 Å². The van der Waals surface area contributed by atoms with Gasteiger partial charge in [-0.3, -0.25) is 14.9 Å². The van der Waals surface area contributed by atoms with Gasteiger partial charge in [0.2, 0.25) is 5.75 Å². The summed E-state index contributed by atoms with van der Waals surface area (Å²) in [5, 5.41) is 22.5. The van der Waals surface area contributed by atoms with Crippen molar-refractivity contribution in [2.45, 2.75) is 32.7 Å². The van der Waals surface area contributed by atoms with Crippen LogP contribution in [0.5, 0.6) is 5.75 Å². The molecule has 7 heteroatoms. The van der Waals surface area contributed by atoms with Crippen molar-refractivity contribution in [1.29, 1.82) is 5.26 Å². The summed E-state index contributed by atoms with van der Waals surface area (Å²) in [4.78, 5) is 22.6. The van der Waals surface area contributed by atoms with Crippen LogP contribution in [0.15, 0.2) is 18.2 Å². The molecule has 0 aliphatic heterocycles. The third-order valence-corrected chi connectivity index (χ3v) is 2.76. The van der Waals surface area contributed by atoms with E-state index in [9.17, 15) is 14.9 Å². The first-order chi connectivity index (χ1) is 10.0. The maximum Gasteiger partial charge on any atom is 0.311 e. The molecule has 0 aliphatic rings. The van der Waals surface area contributed by atoms with Crippen LogP contribution in [0, 0.1) is 21.4 Å². The van der Waals surface area contributed by atoms with Crippen molar-refractivity contribution < 1.29 is 14.5 Å². The number of hydrogen-bond donors (Lipinski definition) is 1. The van der Waals surface area contributed by atoms with E-state index in [0.717, 1.165) is 6.42 Å². The van der Waals surface area contributed by atoms with Gasteiger partial charge < -0.3 is 10.1 Å². The van der Waals surface area contributed by atoms with E-state index in [4.69, 9.17) is 10.00 Å². The number of hydrogen-bond acceptors (Lipinski definition) is 5. The Morgan fingerprint density at radius 2 is 2.24 bits per heavy atom. The third-order valence-electron chi connectivity index (χ3n) is 2.76. The average Bonchev–Trinajstić information content (AvgIpc) is 2.46. The summed E-state index contributed by atoms with van der Waals surface area (Å²) in [6.45, 7) is 3.77. The van der Waals surface area contributed by atoms with E-state index in [1.165, 1.54) is 18.2 Å². The monoisotopic (exact) mass is 291 g/mol. The summed E-state index contributed by atoms with van der Waals surface area (Å²) < 4.78 is 5.24. The van der Waals surface area contributed by atoms with Gasteiger partial charge in [-0.25, -0.2) is 0 Å². The molecule has 1 amide bonds. The maximum absolute atomic E-state index is 12.2. The first kappa shape index (κ1) is 16.4. The Balaban J connectivity index is 3.11. The number of benzene rings is 1. The fourth-order valence-corrected chi connectivity index (χ4v) is 1.84. The van der Waals surface area contributed by atoms with Crippen molar-refractivity contribution in [3.63, 3.8) is 0 Å². The molecular weight excluding hydrogens is 274 g/mol. The molecule has 1 aromatic rings. The van der Waals surface area contributed by atoms with Crippen molar-refractivity contribution in [3.8, 4) is 11.8 Å². The van der Waals surface area contributed by atoms with Crippen LogP contribution in [-0.2, 0) is 0 Å². The molecule has 0 bridgehead atoms. The average molecular weight is 291 g/mol. The highest BCUT2D eigenvalue weighted by Gasteiger charge is 2.24. The summed E-state index contributed by atoms with van der Waals surface area (Å²) in [6.07, 6.45) is 1.26. The zero-order valence-corrected chi connectivity index (χ0v) is 12.0. The number of para-hydroxylation sites is 1. The van der Waals surface area contributed by atoms with Gasteiger partial charge in [-0.05, 0) is 19.4 Å². The smallest absolute Gasteiger partial charge is 0.311 e. The first-order valence-electron chi connectivity index (χ1n) is 6.65. The number of nitrogens with one attached hydrogen (secondary N) is 1. The molecule has 0 aliphatic carbocycles. The van der Waals surface area contributed by atoms with Gasteiger partial charge in [-0.2, -0.15) is 5.26 Å². The van der Waals surface area contributed by atoms with Crippen LogP contribution in [0.25, 0.3) is 0 Å². The summed E-state index contributed by atoms with van der Waals surface area (Å²) in [7, 11) is 0. The van der Waals surface area contributed by atoms with Crippen LogP contribution in [0.3, 0.4) is 0 Å². The fraction of sp³-hybridized carbons (Fsp3) is 0.429. The Morgan fingerprint density at radius 1 is 1.52 bits per heavy atom. The summed E-state index contributed by atoms with van der Waals surface area (Å²) in [6, 6.07) is 5.48. The zero-order valence-electron chi connectivity index (χ0n) is 12.0. The van der Waals surface area contributed by atoms with Gasteiger partial charge in [0.1, 0.15) is 6.04 Å². The van der Waals surface area contributed by atoms with Gasteiger partial charge in [0.05, 0.1) is 23.2 Å². The number of nitro benzene ring substituents is 1. The number of amides is 1. The van der Waals surface area contributed by atoms with Crippen LogP contribution in [-0.4, -0.2) is 23.5 Å². The van der Waals surface area contributed by atoms with Gasteiger partial charge in [0, 0.05) is 6.07 Å². The Morgan fingerprint density at radius 3 is 2.76 bits per heavy atom. The highest BCUT2D eigenvalue weighted by Crippen LogP contribution is 2.31. The van der Waals surface area contributed by atoms with E-state index >= 15 is 0 Å². The number of nitro groups is 1. The number of carbonyl (C=O) groups excluding carboxylic acids is 1. The number of nitrogens with zero attached hydrogens (tertiary/aromatic N) is 2. The number of carbonyl (C=O) groups is 1. The molecule has 0 spiro atoms. The molecule has 7 nitrogen and oxygen atoms in total. The molecule has 112 valence electrons. The lowest BCUT2D eigenvalue weighted by molar-refractivity contribution is -0.385. The fourth-order valence-electron chi connectivity index (χ4n) is 1.84. The second-order valence-electron chi connectivity index (χ2n) is 4.29. The minimum absolute atomic E-state index is 0.0578. The van der Waals surface area contributed by atoms with E-state index in [1.54, 1.807) is 6.92 Å². The predicted molar refractivity (Wildman–Crippen MR) is 76.0 cm³/mol. The topological polar surface area (TPSA) is 105 Å². The molecule has 0 saturated carbocycles. The van der Waals surface area contributed by atoms with Crippen LogP contribution < -0.4 is 10.1 Å². The lowest BCUT2D eigenvalue weighted by atomic mass is 10.1. The van der Waals surface area contributed by atoms with Gasteiger partial charge in [-0.1, -0.05) is 19.4 Å². The van der Waals surface area contributed by atoms with Crippen LogP contribution in [0.4, 0.5) is 5.69 Å². The van der Waals surface area contributed by atoms with E-state index in [0.29, 0.717) is 6.42 Å². The molecule has 0 radical (unpaired) electrons. The maximum atomic E-state index is 12.2. The molecule has 0 fully saturated rings. The van der Waals surface area contributed by atoms with Gasteiger partial charge in [0.15, 0.2) is 0 Å². The van der Waals surface area contributed by atoms with Crippen molar-refractivity contribution >= 4 is 11.6 Å². The van der Waals surface area contributed by atoms with Crippen molar-refractivity contribution in [3.05, 3.63) is 33.9 Å². The number of ether oxygens (including phenoxy) is 1. The Bertz CT molecular complexity index is 566. The summed E-state index contributed by atoms with van der Waals surface area (Å²) in [5.41, 5.74) is -0.212. The highest BCUT2D eigenvalue weighted by molar-refractivity contribution is 5.98. The van der Waals surface area contributed by atoms with Crippen molar-refractivity contribution in [2.24, 2.45) is 0 Å². The highest BCUT2D eigenvalue weighted by atomic mass is 16.6. The second-order valence-corrected chi connectivity index (χ2v) is 4.29. The lowest BCUT2D eigenvalue weighted by Crippen LogP contribution is -2.33. The molecule has 0 saturated heterocycles. The molecule has 1 atom stereocenters. The lowest BCUT2D eigenvalue weighted by Gasteiger charge is -2.13. The summed E-state index contributed by atoms with van der Waals surface area (Å²) >= 11 is 0. The van der Waals surface area contributed by atoms with Crippen molar-refractivity contribution in [1.82, 2.24) is 5.32 Å². The normalized spacial score (nSPS) is 11.3. The quantitative estimate of drug-likeness (QED) is 0.613. The van der Waals surface area contributed by atoms with E-state index in [1.807, 2.05) is 13.0 Å². The molecule has 0 heterocycles. The van der Waals surface area contributed by atoms with E-state index in [2.05, 4.69) is 5.32 Å². The SMILES string of the molecule is CCCC(C#N)NC(=O)c1cccc([N+](=O)[O-])c1OCC. The standard InChI is InChI=1S/C14H17N3O4/c1-3-6-10(9-15)16-14(18)11-7-5-8-12(17(19)20)13(11)21-4-2/h5,7-8,10H,3-4,6H2,1-2H3,(H,16,18). The Kier molecular flexibility index (Phi) is 6.14. The third kappa shape index (κ3) is 4.18. The zero-order chi connectivity index (χ0) is 15.8. The molecule has 1 unspecified atom stereocenters. The second kappa shape index (κ2) is 7.85. The molecule has 1 aromatic carbocycles. The van der Waals surface area contributed by atoms with E-state index in [-0.39, 0.29) is 23.6 Å². The largest absolute Gasteiger partial charge is 0.487 e. The molecule has 0 aromatic heterocycles. The molecule has 1 N–H and O–H groups in total. The number of rotatable bonds is 7. The molecule has 21 heavy (non-hydrogen) atoms. The molecular formula is C14H17N3O4. The van der Waals surface area contributed by atoms with Crippen molar-refractivity contribution in [2.75, 3.05) is 6.61 Å². The first-order valence-corrected chi connectivity index (χ1v) is 6.65.